The lowest BCUT2D eigenvalue weighted by Crippen LogP contribution is -2.03. The molecule has 1 rings (SSSR count). The Hall–Kier alpha value is -1.09. The Labute approximate surface area is 65.3 Å². The number of carbonyl (C=O) groups excluding carboxylic acids is 1. The molecule has 0 saturated carbocycles. The monoisotopic (exact) mass is 153 g/mol. The fourth-order valence-electron chi connectivity index (χ4n) is 1.08. The van der Waals surface area contributed by atoms with Gasteiger partial charge in [-0.25, -0.2) is 0 Å². The SMILES string of the molecule is Cc1cc(C=O)n(CCO)c1. The first-order valence-electron chi connectivity index (χ1n) is 3.50. The molecule has 0 unspecified atom stereocenters. The van der Waals surface area contributed by atoms with Gasteiger partial charge in [0.2, 0.25) is 0 Å². The maximum atomic E-state index is 10.4. The van der Waals surface area contributed by atoms with Crippen molar-refractivity contribution in [2.45, 2.75) is 13.5 Å². The van der Waals surface area contributed by atoms with Gasteiger partial charge in [-0.05, 0) is 18.6 Å². The van der Waals surface area contributed by atoms with Gasteiger partial charge in [0, 0.05) is 12.7 Å². The molecule has 1 aromatic rings. The van der Waals surface area contributed by atoms with Gasteiger partial charge >= 0.3 is 0 Å². The topological polar surface area (TPSA) is 42.2 Å². The summed E-state index contributed by atoms with van der Waals surface area (Å²) in [6.07, 6.45) is 2.64. The van der Waals surface area contributed by atoms with E-state index in [4.69, 9.17) is 5.11 Å². The first-order valence-corrected chi connectivity index (χ1v) is 3.50. The van der Waals surface area contributed by atoms with Crippen LogP contribution >= 0.6 is 0 Å². The Morgan fingerprint density at radius 1 is 1.73 bits per heavy atom. The van der Waals surface area contributed by atoms with E-state index in [1.165, 1.54) is 0 Å². The quantitative estimate of drug-likeness (QED) is 0.646. The molecular formula is C8H11NO2. The van der Waals surface area contributed by atoms with Crippen LogP contribution in [0.3, 0.4) is 0 Å². The van der Waals surface area contributed by atoms with E-state index in [-0.39, 0.29) is 6.61 Å². The van der Waals surface area contributed by atoms with Crippen LogP contribution in [-0.2, 0) is 6.54 Å². The Bertz CT molecular complexity index is 253. The number of hydrogen-bond acceptors (Lipinski definition) is 2. The Morgan fingerprint density at radius 2 is 2.45 bits per heavy atom. The predicted molar refractivity (Wildman–Crippen MR) is 41.6 cm³/mol. The number of carbonyl (C=O) groups is 1. The van der Waals surface area contributed by atoms with Crippen LogP contribution in [0.15, 0.2) is 12.3 Å². The summed E-state index contributed by atoms with van der Waals surface area (Å²) in [7, 11) is 0. The third-order valence-electron chi connectivity index (χ3n) is 1.53. The molecule has 3 nitrogen and oxygen atoms in total. The largest absolute Gasteiger partial charge is 0.395 e. The molecule has 0 atom stereocenters. The highest BCUT2D eigenvalue weighted by Gasteiger charge is 1.99. The van der Waals surface area contributed by atoms with E-state index >= 15 is 0 Å². The maximum Gasteiger partial charge on any atom is 0.166 e. The highest BCUT2D eigenvalue weighted by molar-refractivity contribution is 5.72. The van der Waals surface area contributed by atoms with Crippen molar-refractivity contribution >= 4 is 6.29 Å². The molecule has 1 heterocycles. The number of aldehydes is 1. The van der Waals surface area contributed by atoms with Gasteiger partial charge in [0.1, 0.15) is 0 Å². The second-order valence-electron chi connectivity index (χ2n) is 2.48. The number of nitrogens with zero attached hydrogens (tertiary/aromatic N) is 1. The lowest BCUT2D eigenvalue weighted by Gasteiger charge is -1.99. The van der Waals surface area contributed by atoms with Crippen LogP contribution in [0.4, 0.5) is 0 Å². The van der Waals surface area contributed by atoms with Gasteiger partial charge in [-0.1, -0.05) is 0 Å². The zero-order valence-corrected chi connectivity index (χ0v) is 6.45. The van der Waals surface area contributed by atoms with Gasteiger partial charge in [0.05, 0.1) is 12.3 Å². The zero-order chi connectivity index (χ0) is 8.27. The van der Waals surface area contributed by atoms with Crippen LogP contribution in [0.1, 0.15) is 16.1 Å². The third kappa shape index (κ3) is 1.68. The van der Waals surface area contributed by atoms with Crippen LogP contribution in [0.2, 0.25) is 0 Å². The molecule has 1 N–H and O–H groups in total. The summed E-state index contributed by atoms with van der Waals surface area (Å²) < 4.78 is 1.74. The molecule has 0 aliphatic heterocycles. The molecule has 11 heavy (non-hydrogen) atoms. The van der Waals surface area contributed by atoms with Crippen LogP contribution in [0, 0.1) is 6.92 Å². The molecule has 3 heteroatoms. The molecule has 0 aliphatic rings. The summed E-state index contributed by atoms with van der Waals surface area (Å²) >= 11 is 0. The van der Waals surface area contributed by atoms with Crippen LogP contribution in [0.5, 0.6) is 0 Å². The first-order chi connectivity index (χ1) is 5.27. The highest BCUT2D eigenvalue weighted by atomic mass is 16.3. The Balaban J connectivity index is 2.92. The molecule has 0 radical (unpaired) electrons. The van der Waals surface area contributed by atoms with Crippen LogP contribution in [0.25, 0.3) is 0 Å². The van der Waals surface area contributed by atoms with Gasteiger partial charge in [-0.3, -0.25) is 4.79 Å². The van der Waals surface area contributed by atoms with Crippen molar-refractivity contribution in [2.24, 2.45) is 0 Å². The standard InChI is InChI=1S/C8H11NO2/c1-7-4-8(6-11)9(5-7)2-3-10/h4-6,10H,2-3H2,1H3. The molecule has 0 amide bonds. The van der Waals surface area contributed by atoms with Gasteiger partial charge in [-0.2, -0.15) is 0 Å². The van der Waals surface area contributed by atoms with Crippen molar-refractivity contribution in [1.29, 1.82) is 0 Å². The van der Waals surface area contributed by atoms with Gasteiger partial charge in [0.25, 0.3) is 0 Å². The number of hydrogen-bond donors (Lipinski definition) is 1. The van der Waals surface area contributed by atoms with Gasteiger partial charge in [0.15, 0.2) is 6.29 Å². The van der Waals surface area contributed by atoms with Crippen LogP contribution < -0.4 is 0 Å². The average Bonchev–Trinajstić information content (AvgIpc) is 2.32. The Morgan fingerprint density at radius 3 is 3.00 bits per heavy atom. The summed E-state index contributed by atoms with van der Waals surface area (Å²) in [6.45, 7) is 2.47. The van der Waals surface area contributed by atoms with E-state index in [1.807, 2.05) is 13.1 Å². The smallest absolute Gasteiger partial charge is 0.166 e. The van der Waals surface area contributed by atoms with Gasteiger partial charge in [-0.15, -0.1) is 0 Å². The van der Waals surface area contributed by atoms with Crippen LogP contribution in [-0.4, -0.2) is 22.6 Å². The second kappa shape index (κ2) is 3.34. The average molecular weight is 153 g/mol. The summed E-state index contributed by atoms with van der Waals surface area (Å²) in [4.78, 5) is 10.4. The lowest BCUT2D eigenvalue weighted by atomic mass is 10.3. The number of aliphatic hydroxyl groups excluding tert-OH is 1. The van der Waals surface area contributed by atoms with E-state index in [9.17, 15) is 4.79 Å². The molecule has 60 valence electrons. The van der Waals surface area contributed by atoms with Gasteiger partial charge < -0.3 is 9.67 Å². The number of rotatable bonds is 3. The number of aromatic nitrogens is 1. The summed E-state index contributed by atoms with van der Waals surface area (Å²) in [5.41, 5.74) is 1.66. The minimum absolute atomic E-state index is 0.0644. The highest BCUT2D eigenvalue weighted by Crippen LogP contribution is 2.04. The summed E-state index contributed by atoms with van der Waals surface area (Å²) in [5.74, 6) is 0. The first kappa shape index (κ1) is 8.01. The molecule has 0 saturated heterocycles. The van der Waals surface area contributed by atoms with E-state index in [0.717, 1.165) is 11.8 Å². The van der Waals surface area contributed by atoms with Crippen molar-refractivity contribution in [3.05, 3.63) is 23.5 Å². The molecular weight excluding hydrogens is 142 g/mol. The number of aryl methyl sites for hydroxylation is 1. The van der Waals surface area contributed by atoms with E-state index in [2.05, 4.69) is 0 Å². The minimum Gasteiger partial charge on any atom is -0.395 e. The number of aliphatic hydroxyl groups is 1. The van der Waals surface area contributed by atoms with Crippen molar-refractivity contribution in [2.75, 3.05) is 6.61 Å². The molecule has 0 aliphatic carbocycles. The van der Waals surface area contributed by atoms with E-state index in [1.54, 1.807) is 10.6 Å². The fourth-order valence-corrected chi connectivity index (χ4v) is 1.08. The molecule has 1 aromatic heterocycles. The normalized spacial score (nSPS) is 10.0. The van der Waals surface area contributed by atoms with Crippen molar-refractivity contribution in [3.8, 4) is 0 Å². The fraction of sp³-hybridized carbons (Fsp3) is 0.375. The zero-order valence-electron chi connectivity index (χ0n) is 6.45. The maximum absolute atomic E-state index is 10.4. The van der Waals surface area contributed by atoms with Crippen molar-refractivity contribution in [1.82, 2.24) is 4.57 Å². The lowest BCUT2D eigenvalue weighted by molar-refractivity contribution is 0.111. The predicted octanol–water partition coefficient (Wildman–Crippen LogP) is 0.601. The summed E-state index contributed by atoms with van der Waals surface area (Å²) in [6, 6.07) is 1.79. The minimum atomic E-state index is 0.0644. The second-order valence-corrected chi connectivity index (χ2v) is 2.48. The van der Waals surface area contributed by atoms with E-state index < -0.39 is 0 Å². The molecule has 0 aromatic carbocycles. The molecule has 0 fully saturated rings. The van der Waals surface area contributed by atoms with E-state index in [0.29, 0.717) is 12.2 Å². The third-order valence-corrected chi connectivity index (χ3v) is 1.53. The molecule has 0 bridgehead atoms. The summed E-state index contributed by atoms with van der Waals surface area (Å²) in [5, 5.41) is 8.61. The van der Waals surface area contributed by atoms with Crippen molar-refractivity contribution in [3.63, 3.8) is 0 Å². The molecule has 0 spiro atoms. The Kier molecular flexibility index (Phi) is 2.44. The van der Waals surface area contributed by atoms with Crippen molar-refractivity contribution < 1.29 is 9.90 Å².